The standard InChI is InChI=1S/C21H22N6O2/c1-14-8-10-26(21(28)29-13-15-5-3-2-4-6-15)12-16(14)20-25-24-18-11-23-19-17(27(18)20)7-9-22-19/h2-7,9,11,14,16,22H,8,10,12-13H2,1H3. The molecule has 1 aromatic carbocycles. The van der Waals surface area contributed by atoms with E-state index in [-0.39, 0.29) is 18.6 Å². The number of likely N-dealkylation sites (tertiary alicyclic amines) is 1. The maximum atomic E-state index is 12.7. The molecule has 1 aliphatic rings. The zero-order chi connectivity index (χ0) is 19.8. The van der Waals surface area contributed by atoms with Crippen molar-refractivity contribution in [3.8, 4) is 0 Å². The van der Waals surface area contributed by atoms with Crippen LogP contribution in [0.25, 0.3) is 16.8 Å². The fourth-order valence-corrected chi connectivity index (χ4v) is 4.02. The first-order chi connectivity index (χ1) is 14.2. The molecule has 5 rings (SSSR count). The van der Waals surface area contributed by atoms with E-state index in [9.17, 15) is 4.79 Å². The minimum Gasteiger partial charge on any atom is -0.445 e. The fraction of sp³-hybridized carbons (Fsp3) is 0.333. The Bertz CT molecular complexity index is 1150. The molecule has 1 fully saturated rings. The van der Waals surface area contributed by atoms with Crippen LogP contribution in [0.15, 0.2) is 48.8 Å². The Kier molecular flexibility index (Phi) is 4.38. The number of carbonyl (C=O) groups is 1. The van der Waals surface area contributed by atoms with Crippen LogP contribution in [0, 0.1) is 5.92 Å². The highest BCUT2D eigenvalue weighted by Crippen LogP contribution is 2.32. The summed E-state index contributed by atoms with van der Waals surface area (Å²) >= 11 is 0. The number of nitrogens with one attached hydrogen (secondary N) is 1. The molecule has 1 saturated heterocycles. The predicted molar refractivity (Wildman–Crippen MR) is 107 cm³/mol. The third kappa shape index (κ3) is 3.20. The molecule has 29 heavy (non-hydrogen) atoms. The average Bonchev–Trinajstić information content (AvgIpc) is 3.39. The number of fused-ring (bicyclic) bond motifs is 3. The number of rotatable bonds is 3. The van der Waals surface area contributed by atoms with Gasteiger partial charge in [0.2, 0.25) is 0 Å². The Balaban J connectivity index is 1.38. The molecule has 1 amide bonds. The van der Waals surface area contributed by atoms with Crippen LogP contribution in [0.3, 0.4) is 0 Å². The lowest BCUT2D eigenvalue weighted by Crippen LogP contribution is -2.42. The number of aromatic amines is 1. The number of nitrogens with zero attached hydrogens (tertiary/aromatic N) is 5. The van der Waals surface area contributed by atoms with Crippen molar-refractivity contribution in [3.05, 3.63) is 60.2 Å². The van der Waals surface area contributed by atoms with Gasteiger partial charge in [0, 0.05) is 25.2 Å². The Labute approximate surface area is 167 Å². The number of carbonyl (C=O) groups excluding carboxylic acids is 1. The monoisotopic (exact) mass is 390 g/mol. The normalized spacial score (nSPS) is 19.7. The molecule has 0 spiro atoms. The van der Waals surface area contributed by atoms with Crippen molar-refractivity contribution in [1.82, 2.24) is 29.5 Å². The van der Waals surface area contributed by atoms with Crippen LogP contribution in [0.1, 0.15) is 30.7 Å². The number of piperidine rings is 1. The molecule has 4 heterocycles. The van der Waals surface area contributed by atoms with Crippen LogP contribution in [0.4, 0.5) is 4.79 Å². The quantitative estimate of drug-likeness (QED) is 0.579. The summed E-state index contributed by atoms with van der Waals surface area (Å²) in [5, 5.41) is 8.77. The molecular formula is C21H22N6O2. The molecule has 4 aromatic rings. The van der Waals surface area contributed by atoms with Gasteiger partial charge in [-0.25, -0.2) is 9.78 Å². The Morgan fingerprint density at radius 2 is 2.10 bits per heavy atom. The number of amides is 1. The number of hydrogen-bond donors (Lipinski definition) is 1. The molecule has 1 N–H and O–H groups in total. The van der Waals surface area contributed by atoms with E-state index in [1.54, 1.807) is 11.1 Å². The van der Waals surface area contributed by atoms with E-state index in [1.165, 1.54) is 0 Å². The van der Waals surface area contributed by atoms with E-state index in [1.807, 2.05) is 47.0 Å². The molecular weight excluding hydrogens is 368 g/mol. The zero-order valence-electron chi connectivity index (χ0n) is 16.2. The van der Waals surface area contributed by atoms with Gasteiger partial charge < -0.3 is 14.6 Å². The van der Waals surface area contributed by atoms with Gasteiger partial charge in [-0.15, -0.1) is 10.2 Å². The van der Waals surface area contributed by atoms with Crippen molar-refractivity contribution in [2.75, 3.05) is 13.1 Å². The minimum atomic E-state index is -0.284. The molecule has 8 heteroatoms. The van der Waals surface area contributed by atoms with Crippen LogP contribution in [0.5, 0.6) is 0 Å². The van der Waals surface area contributed by atoms with E-state index in [0.717, 1.165) is 29.0 Å². The van der Waals surface area contributed by atoms with Crippen molar-refractivity contribution in [2.24, 2.45) is 5.92 Å². The predicted octanol–water partition coefficient (Wildman–Crippen LogP) is 3.37. The molecule has 0 radical (unpaired) electrons. The molecule has 1 aliphatic heterocycles. The second kappa shape index (κ2) is 7.20. The number of ether oxygens (including phenoxy) is 1. The SMILES string of the molecule is CC1CCN(C(=O)OCc2ccccc2)CC1c1nnc2cnc3[nH]ccc3n12. The molecule has 2 unspecified atom stereocenters. The van der Waals surface area contributed by atoms with Crippen molar-refractivity contribution in [3.63, 3.8) is 0 Å². The van der Waals surface area contributed by atoms with Gasteiger partial charge in [-0.2, -0.15) is 0 Å². The van der Waals surface area contributed by atoms with Crippen molar-refractivity contribution >= 4 is 22.9 Å². The van der Waals surface area contributed by atoms with Crippen LogP contribution >= 0.6 is 0 Å². The summed E-state index contributed by atoms with van der Waals surface area (Å²) in [6.07, 6.45) is 4.18. The maximum absolute atomic E-state index is 12.7. The Morgan fingerprint density at radius 3 is 2.97 bits per heavy atom. The lowest BCUT2D eigenvalue weighted by molar-refractivity contribution is 0.0772. The first kappa shape index (κ1) is 17.7. The maximum Gasteiger partial charge on any atom is 0.410 e. The highest BCUT2D eigenvalue weighted by Gasteiger charge is 2.34. The van der Waals surface area contributed by atoms with E-state index in [0.29, 0.717) is 24.7 Å². The third-order valence-corrected chi connectivity index (χ3v) is 5.72. The number of benzene rings is 1. The number of aromatic nitrogens is 5. The van der Waals surface area contributed by atoms with E-state index < -0.39 is 0 Å². The van der Waals surface area contributed by atoms with Gasteiger partial charge in [0.25, 0.3) is 0 Å². The molecule has 0 aliphatic carbocycles. The summed E-state index contributed by atoms with van der Waals surface area (Å²) in [6.45, 7) is 3.72. The lowest BCUT2D eigenvalue weighted by Gasteiger charge is -2.35. The summed E-state index contributed by atoms with van der Waals surface area (Å²) in [7, 11) is 0. The summed E-state index contributed by atoms with van der Waals surface area (Å²) in [6, 6.07) is 11.7. The molecule has 148 valence electrons. The summed E-state index contributed by atoms with van der Waals surface area (Å²) in [4.78, 5) is 22.0. The van der Waals surface area contributed by atoms with Crippen LogP contribution in [-0.2, 0) is 11.3 Å². The zero-order valence-corrected chi connectivity index (χ0v) is 16.2. The lowest BCUT2D eigenvalue weighted by atomic mass is 9.86. The summed E-state index contributed by atoms with van der Waals surface area (Å²) in [5.74, 6) is 1.31. The number of H-pyrrole nitrogens is 1. The van der Waals surface area contributed by atoms with Gasteiger partial charge in [-0.05, 0) is 24.0 Å². The van der Waals surface area contributed by atoms with Crippen LogP contribution in [-0.4, -0.2) is 48.6 Å². The minimum absolute atomic E-state index is 0.0727. The van der Waals surface area contributed by atoms with Gasteiger partial charge in [-0.3, -0.25) is 4.40 Å². The van der Waals surface area contributed by atoms with Gasteiger partial charge >= 0.3 is 6.09 Å². The topological polar surface area (TPSA) is 88.4 Å². The highest BCUT2D eigenvalue weighted by atomic mass is 16.6. The second-order valence-corrected chi connectivity index (χ2v) is 7.58. The first-order valence-electron chi connectivity index (χ1n) is 9.83. The molecule has 3 aromatic heterocycles. The van der Waals surface area contributed by atoms with Gasteiger partial charge in [-0.1, -0.05) is 37.3 Å². The molecule has 8 nitrogen and oxygen atoms in total. The average molecular weight is 390 g/mol. The molecule has 0 bridgehead atoms. The summed E-state index contributed by atoms with van der Waals surface area (Å²) in [5.41, 5.74) is 3.43. The Hall–Kier alpha value is -3.42. The van der Waals surface area contributed by atoms with Crippen molar-refractivity contribution in [1.29, 1.82) is 0 Å². The van der Waals surface area contributed by atoms with Crippen LogP contribution < -0.4 is 0 Å². The molecule has 0 saturated carbocycles. The third-order valence-electron chi connectivity index (χ3n) is 5.72. The second-order valence-electron chi connectivity index (χ2n) is 7.58. The van der Waals surface area contributed by atoms with E-state index >= 15 is 0 Å². The number of hydrogen-bond acceptors (Lipinski definition) is 5. The largest absolute Gasteiger partial charge is 0.445 e. The van der Waals surface area contributed by atoms with E-state index in [2.05, 4.69) is 27.1 Å². The highest BCUT2D eigenvalue weighted by molar-refractivity contribution is 5.74. The Morgan fingerprint density at radius 1 is 1.24 bits per heavy atom. The molecule has 2 atom stereocenters. The van der Waals surface area contributed by atoms with Crippen LogP contribution in [0.2, 0.25) is 0 Å². The van der Waals surface area contributed by atoms with Gasteiger partial charge in [0.1, 0.15) is 12.4 Å². The van der Waals surface area contributed by atoms with Crippen molar-refractivity contribution in [2.45, 2.75) is 25.9 Å². The smallest absolute Gasteiger partial charge is 0.410 e. The van der Waals surface area contributed by atoms with E-state index in [4.69, 9.17) is 4.74 Å². The first-order valence-corrected chi connectivity index (χ1v) is 9.83. The van der Waals surface area contributed by atoms with Crippen molar-refractivity contribution < 1.29 is 9.53 Å². The van der Waals surface area contributed by atoms with Gasteiger partial charge in [0.15, 0.2) is 11.3 Å². The fourth-order valence-electron chi connectivity index (χ4n) is 4.02. The van der Waals surface area contributed by atoms with Gasteiger partial charge in [0.05, 0.1) is 11.7 Å². The summed E-state index contributed by atoms with van der Waals surface area (Å²) < 4.78 is 7.58.